The van der Waals surface area contributed by atoms with E-state index in [0.717, 1.165) is 0 Å². The average molecular weight is 276 g/mol. The van der Waals surface area contributed by atoms with Crippen LogP contribution in [-0.4, -0.2) is 5.11 Å². The predicted molar refractivity (Wildman–Crippen MR) is 62.1 cm³/mol. The van der Waals surface area contributed by atoms with E-state index in [0.29, 0.717) is 5.56 Å². The van der Waals surface area contributed by atoms with Crippen LogP contribution in [0.25, 0.3) is 0 Å². The van der Waals surface area contributed by atoms with Crippen molar-refractivity contribution in [2.45, 2.75) is 26.8 Å². The van der Waals surface area contributed by atoms with E-state index in [4.69, 9.17) is 5.73 Å². The van der Waals surface area contributed by atoms with Crippen LogP contribution in [0, 0.1) is 11.2 Å². The second kappa shape index (κ2) is 4.10. The normalized spacial score (nSPS) is 14.0. The van der Waals surface area contributed by atoms with E-state index in [2.05, 4.69) is 15.9 Å². The molecule has 0 heterocycles. The molecule has 0 fully saturated rings. The summed E-state index contributed by atoms with van der Waals surface area (Å²) in [6.45, 7) is 5.90. The van der Waals surface area contributed by atoms with E-state index in [1.54, 1.807) is 0 Å². The standard InChI is InChI=1S/C11H15BrFNO/c1-11(2,3)10(14)6-4-5-7(13)8(12)9(6)15/h4-5,10,15H,14H2,1-3H3/t10-/m1/s1. The first-order valence-corrected chi connectivity index (χ1v) is 5.47. The SMILES string of the molecule is CC(C)(C)[C@H](N)c1ccc(F)c(Br)c1O. The van der Waals surface area contributed by atoms with Crippen LogP contribution < -0.4 is 5.73 Å². The van der Waals surface area contributed by atoms with Gasteiger partial charge < -0.3 is 10.8 Å². The van der Waals surface area contributed by atoms with Gasteiger partial charge >= 0.3 is 0 Å². The smallest absolute Gasteiger partial charge is 0.141 e. The van der Waals surface area contributed by atoms with E-state index in [-0.39, 0.29) is 21.7 Å². The van der Waals surface area contributed by atoms with Crippen LogP contribution in [0.3, 0.4) is 0 Å². The van der Waals surface area contributed by atoms with Gasteiger partial charge in [0, 0.05) is 11.6 Å². The number of rotatable bonds is 1. The first-order valence-electron chi connectivity index (χ1n) is 4.67. The number of hydrogen-bond donors (Lipinski definition) is 2. The second-order valence-electron chi connectivity index (χ2n) is 4.64. The predicted octanol–water partition coefficient (Wildman–Crippen LogP) is 3.34. The van der Waals surface area contributed by atoms with Gasteiger partial charge in [-0.2, -0.15) is 0 Å². The van der Waals surface area contributed by atoms with Gasteiger partial charge in [-0.3, -0.25) is 0 Å². The molecule has 3 N–H and O–H groups in total. The van der Waals surface area contributed by atoms with Crippen molar-refractivity contribution in [1.82, 2.24) is 0 Å². The van der Waals surface area contributed by atoms with Crippen LogP contribution in [0.1, 0.15) is 32.4 Å². The van der Waals surface area contributed by atoms with Gasteiger partial charge in [0.1, 0.15) is 11.6 Å². The van der Waals surface area contributed by atoms with Crippen LogP contribution in [0.4, 0.5) is 4.39 Å². The van der Waals surface area contributed by atoms with Crippen LogP contribution in [0.5, 0.6) is 5.75 Å². The Morgan fingerprint density at radius 2 is 1.93 bits per heavy atom. The van der Waals surface area contributed by atoms with Crippen LogP contribution in [-0.2, 0) is 0 Å². The molecule has 0 aliphatic carbocycles. The highest BCUT2D eigenvalue weighted by molar-refractivity contribution is 9.10. The van der Waals surface area contributed by atoms with Crippen molar-refractivity contribution < 1.29 is 9.50 Å². The molecule has 0 bridgehead atoms. The van der Waals surface area contributed by atoms with Crippen LogP contribution >= 0.6 is 15.9 Å². The van der Waals surface area contributed by atoms with Gasteiger partial charge in [0.05, 0.1) is 4.47 Å². The highest BCUT2D eigenvalue weighted by Crippen LogP contribution is 2.39. The van der Waals surface area contributed by atoms with Crippen molar-refractivity contribution in [3.63, 3.8) is 0 Å². The molecule has 1 rings (SSSR count). The second-order valence-corrected chi connectivity index (χ2v) is 5.44. The Morgan fingerprint density at radius 1 is 1.40 bits per heavy atom. The average Bonchev–Trinajstić information content (AvgIpc) is 2.12. The summed E-state index contributed by atoms with van der Waals surface area (Å²) < 4.78 is 13.1. The fraction of sp³-hybridized carbons (Fsp3) is 0.455. The maximum absolute atomic E-state index is 13.1. The number of nitrogens with two attached hydrogens (primary N) is 1. The topological polar surface area (TPSA) is 46.2 Å². The minimum Gasteiger partial charge on any atom is -0.506 e. The summed E-state index contributed by atoms with van der Waals surface area (Å²) >= 11 is 2.98. The first kappa shape index (κ1) is 12.5. The van der Waals surface area contributed by atoms with Crippen molar-refractivity contribution in [3.8, 4) is 5.75 Å². The van der Waals surface area contributed by atoms with E-state index in [1.165, 1.54) is 12.1 Å². The van der Waals surface area contributed by atoms with E-state index < -0.39 is 5.82 Å². The molecule has 0 aliphatic heterocycles. The molecule has 0 amide bonds. The molecular formula is C11H15BrFNO. The molecule has 0 radical (unpaired) electrons. The van der Waals surface area contributed by atoms with Crippen molar-refractivity contribution in [2.24, 2.45) is 11.1 Å². The van der Waals surface area contributed by atoms with E-state index >= 15 is 0 Å². The Balaban J connectivity index is 3.23. The Kier molecular flexibility index (Phi) is 3.41. The molecule has 0 aliphatic rings. The Bertz CT molecular complexity index is 374. The molecule has 0 saturated heterocycles. The molecule has 0 saturated carbocycles. The monoisotopic (exact) mass is 275 g/mol. The molecular weight excluding hydrogens is 261 g/mol. The van der Waals surface area contributed by atoms with Gasteiger partial charge in [-0.15, -0.1) is 0 Å². The van der Waals surface area contributed by atoms with Gasteiger partial charge in [-0.1, -0.05) is 26.8 Å². The minimum absolute atomic E-state index is 0.0692. The van der Waals surface area contributed by atoms with E-state index in [9.17, 15) is 9.50 Å². The van der Waals surface area contributed by atoms with Gasteiger partial charge in [-0.25, -0.2) is 4.39 Å². The Morgan fingerprint density at radius 3 is 2.40 bits per heavy atom. The molecule has 4 heteroatoms. The summed E-state index contributed by atoms with van der Waals surface area (Å²) in [7, 11) is 0. The molecule has 2 nitrogen and oxygen atoms in total. The fourth-order valence-corrected chi connectivity index (χ4v) is 1.63. The molecule has 0 spiro atoms. The molecule has 0 unspecified atom stereocenters. The summed E-state index contributed by atoms with van der Waals surface area (Å²) in [5, 5.41) is 9.75. The van der Waals surface area contributed by atoms with Gasteiger partial charge in [0.25, 0.3) is 0 Å². The van der Waals surface area contributed by atoms with Crippen molar-refractivity contribution in [2.75, 3.05) is 0 Å². The zero-order valence-electron chi connectivity index (χ0n) is 9.01. The third-order valence-corrected chi connectivity index (χ3v) is 3.12. The fourth-order valence-electron chi connectivity index (χ4n) is 1.27. The van der Waals surface area contributed by atoms with E-state index in [1.807, 2.05) is 20.8 Å². The van der Waals surface area contributed by atoms with Crippen molar-refractivity contribution >= 4 is 15.9 Å². The maximum atomic E-state index is 13.1. The number of aromatic hydroxyl groups is 1. The Labute approximate surface area is 97.4 Å². The minimum atomic E-state index is -0.489. The number of benzene rings is 1. The Hall–Kier alpha value is -0.610. The third kappa shape index (κ3) is 2.49. The zero-order chi connectivity index (χ0) is 11.8. The number of phenols is 1. The molecule has 1 aromatic carbocycles. The summed E-state index contributed by atoms with van der Waals surface area (Å²) in [5.74, 6) is -0.602. The molecule has 1 atom stereocenters. The lowest BCUT2D eigenvalue weighted by atomic mass is 9.83. The van der Waals surface area contributed by atoms with Crippen molar-refractivity contribution in [1.29, 1.82) is 0 Å². The van der Waals surface area contributed by atoms with Crippen LogP contribution in [0.2, 0.25) is 0 Å². The summed E-state index contributed by atoms with van der Waals surface area (Å²) in [5.41, 5.74) is 6.35. The lowest BCUT2D eigenvalue weighted by molar-refractivity contribution is 0.316. The third-order valence-electron chi connectivity index (χ3n) is 2.37. The lowest BCUT2D eigenvalue weighted by Crippen LogP contribution is -2.26. The quantitative estimate of drug-likeness (QED) is 0.826. The molecule has 84 valence electrons. The van der Waals surface area contributed by atoms with Crippen molar-refractivity contribution in [3.05, 3.63) is 28.0 Å². The summed E-state index contributed by atoms with van der Waals surface area (Å²) in [6, 6.07) is 2.48. The number of hydrogen-bond acceptors (Lipinski definition) is 2. The molecule has 15 heavy (non-hydrogen) atoms. The number of phenolic OH excluding ortho intramolecular Hbond substituents is 1. The van der Waals surface area contributed by atoms with Crippen LogP contribution in [0.15, 0.2) is 16.6 Å². The summed E-state index contributed by atoms with van der Waals surface area (Å²) in [4.78, 5) is 0. The summed E-state index contributed by atoms with van der Waals surface area (Å²) in [6.07, 6.45) is 0. The molecule has 0 aromatic heterocycles. The van der Waals surface area contributed by atoms with Gasteiger partial charge in [0.15, 0.2) is 0 Å². The first-order chi connectivity index (χ1) is 6.75. The highest BCUT2D eigenvalue weighted by atomic mass is 79.9. The maximum Gasteiger partial charge on any atom is 0.141 e. The highest BCUT2D eigenvalue weighted by Gasteiger charge is 2.26. The zero-order valence-corrected chi connectivity index (χ0v) is 10.6. The lowest BCUT2D eigenvalue weighted by Gasteiger charge is -2.28. The van der Waals surface area contributed by atoms with Gasteiger partial charge in [-0.05, 0) is 27.4 Å². The largest absolute Gasteiger partial charge is 0.506 e. The molecule has 1 aromatic rings. The van der Waals surface area contributed by atoms with Gasteiger partial charge in [0.2, 0.25) is 0 Å². The number of halogens is 2.